The van der Waals surface area contributed by atoms with Crippen LogP contribution in [0.15, 0.2) is 0 Å². The van der Waals surface area contributed by atoms with Crippen LogP contribution < -0.4 is 0 Å². The summed E-state index contributed by atoms with van der Waals surface area (Å²) >= 11 is 0. The van der Waals surface area contributed by atoms with Crippen LogP contribution in [0.1, 0.15) is 75.2 Å². The van der Waals surface area contributed by atoms with Gasteiger partial charge in [-0.3, -0.25) is 4.90 Å². The second-order valence-corrected chi connectivity index (χ2v) is 10.00. The molecule has 144 valence electrons. The van der Waals surface area contributed by atoms with Gasteiger partial charge < -0.3 is 14.2 Å². The molecule has 1 heterocycles. The zero-order valence-electron chi connectivity index (χ0n) is 17.7. The molecule has 24 heavy (non-hydrogen) atoms. The lowest BCUT2D eigenvalue weighted by molar-refractivity contribution is -0.208. The average molecular weight is 344 g/mol. The highest BCUT2D eigenvalue weighted by Crippen LogP contribution is 2.29. The number of likely N-dealkylation sites (tertiary alicyclic amines) is 1. The first-order chi connectivity index (χ1) is 10.7. The van der Waals surface area contributed by atoms with E-state index in [0.29, 0.717) is 0 Å². The minimum atomic E-state index is -0.229. The van der Waals surface area contributed by atoms with Gasteiger partial charge >= 0.3 is 0 Å². The third kappa shape index (κ3) is 7.38. The van der Waals surface area contributed by atoms with Crippen molar-refractivity contribution in [2.75, 3.05) is 20.2 Å². The highest BCUT2D eigenvalue weighted by atomic mass is 16.6. The predicted octanol–water partition coefficient (Wildman–Crippen LogP) is 4.26. The average Bonchev–Trinajstić information content (AvgIpc) is 2.33. The van der Waals surface area contributed by atoms with Crippen molar-refractivity contribution in [2.24, 2.45) is 0 Å². The van der Waals surface area contributed by atoms with E-state index in [-0.39, 0.29) is 35.1 Å². The summed E-state index contributed by atoms with van der Waals surface area (Å²) in [7, 11) is 1.79. The molecule has 0 aromatic rings. The Kier molecular flexibility index (Phi) is 7.32. The summed E-state index contributed by atoms with van der Waals surface area (Å²) in [5, 5.41) is 0. The zero-order valence-corrected chi connectivity index (χ0v) is 17.7. The lowest BCUT2D eigenvalue weighted by atomic mass is 9.94. The summed E-state index contributed by atoms with van der Waals surface area (Å²) < 4.78 is 18.8. The van der Waals surface area contributed by atoms with Crippen LogP contribution in [0, 0.1) is 0 Å². The molecule has 3 atom stereocenters. The van der Waals surface area contributed by atoms with E-state index in [9.17, 15) is 0 Å². The highest BCUT2D eigenvalue weighted by Gasteiger charge is 2.40. The van der Waals surface area contributed by atoms with Crippen LogP contribution in [0.5, 0.6) is 0 Å². The van der Waals surface area contributed by atoms with Crippen LogP contribution in [0.4, 0.5) is 0 Å². The molecule has 4 heteroatoms. The molecule has 0 aliphatic carbocycles. The lowest BCUT2D eigenvalue weighted by Crippen LogP contribution is -2.56. The van der Waals surface area contributed by atoms with Gasteiger partial charge in [0.1, 0.15) is 6.10 Å². The fourth-order valence-corrected chi connectivity index (χ4v) is 3.26. The van der Waals surface area contributed by atoms with Gasteiger partial charge in [-0.15, -0.1) is 0 Å². The van der Waals surface area contributed by atoms with Crippen LogP contribution in [-0.4, -0.2) is 60.2 Å². The van der Waals surface area contributed by atoms with Crippen molar-refractivity contribution in [3.8, 4) is 0 Å². The summed E-state index contributed by atoms with van der Waals surface area (Å²) in [5.41, 5.74) is -0.293. The van der Waals surface area contributed by atoms with Crippen molar-refractivity contribution in [3.05, 3.63) is 0 Å². The van der Waals surface area contributed by atoms with E-state index < -0.39 is 0 Å². The summed E-state index contributed by atoms with van der Waals surface area (Å²) in [5.74, 6) is 0. The molecule has 0 bridgehead atoms. The van der Waals surface area contributed by atoms with E-state index >= 15 is 0 Å². The number of methoxy groups -OCH3 is 1. The molecule has 1 aliphatic rings. The summed E-state index contributed by atoms with van der Waals surface area (Å²) in [6, 6.07) is 0. The predicted molar refractivity (Wildman–Crippen MR) is 101 cm³/mol. The Morgan fingerprint density at radius 1 is 0.792 bits per heavy atom. The fraction of sp³-hybridized carbons (Fsp3) is 1.00. The van der Waals surface area contributed by atoms with Gasteiger partial charge in [0.05, 0.1) is 23.4 Å². The van der Waals surface area contributed by atoms with Gasteiger partial charge in [0.25, 0.3) is 0 Å². The van der Waals surface area contributed by atoms with Gasteiger partial charge in [-0.05, 0) is 81.7 Å². The maximum absolute atomic E-state index is 6.46. The molecular formula is C20H41NO3. The van der Waals surface area contributed by atoms with Crippen molar-refractivity contribution >= 4 is 0 Å². The first kappa shape index (κ1) is 21.9. The maximum atomic E-state index is 6.46. The van der Waals surface area contributed by atoms with Gasteiger partial charge in [0.2, 0.25) is 0 Å². The van der Waals surface area contributed by atoms with Crippen LogP contribution in [-0.2, 0) is 14.2 Å². The summed E-state index contributed by atoms with van der Waals surface area (Å²) in [6.07, 6.45) is 2.08. The summed E-state index contributed by atoms with van der Waals surface area (Å²) in [6.45, 7) is 21.4. The van der Waals surface area contributed by atoms with Crippen LogP contribution in [0.2, 0.25) is 0 Å². The zero-order chi connectivity index (χ0) is 18.8. The number of hydrogen-bond donors (Lipinski definition) is 0. The summed E-state index contributed by atoms with van der Waals surface area (Å²) in [4.78, 5) is 2.51. The molecule has 0 unspecified atom stereocenters. The number of ether oxygens (including phenoxy) is 3. The van der Waals surface area contributed by atoms with Crippen molar-refractivity contribution in [2.45, 2.75) is 110 Å². The molecule has 0 amide bonds. The van der Waals surface area contributed by atoms with Gasteiger partial charge in [-0.25, -0.2) is 0 Å². The maximum Gasteiger partial charge on any atom is 0.112 e. The molecule has 1 saturated heterocycles. The first-order valence-corrected chi connectivity index (χ1v) is 9.36. The molecule has 0 saturated carbocycles. The minimum absolute atomic E-state index is 0.00361. The number of hydrogen-bond acceptors (Lipinski definition) is 4. The fourth-order valence-electron chi connectivity index (χ4n) is 3.26. The van der Waals surface area contributed by atoms with Crippen molar-refractivity contribution in [1.82, 2.24) is 4.90 Å². The molecule has 0 aromatic carbocycles. The lowest BCUT2D eigenvalue weighted by Gasteiger charge is -2.46. The molecule has 0 radical (unpaired) electrons. The van der Waals surface area contributed by atoms with Gasteiger partial charge in [0.15, 0.2) is 0 Å². The molecule has 1 aliphatic heterocycles. The Morgan fingerprint density at radius 2 is 1.33 bits per heavy atom. The monoisotopic (exact) mass is 343 g/mol. The van der Waals surface area contributed by atoms with Crippen LogP contribution >= 0.6 is 0 Å². The van der Waals surface area contributed by atoms with Crippen molar-refractivity contribution in [1.29, 1.82) is 0 Å². The second-order valence-electron chi connectivity index (χ2n) is 10.00. The number of rotatable bonds is 3. The van der Waals surface area contributed by atoms with Gasteiger partial charge in [-0.2, -0.15) is 0 Å². The standard InChI is InChI=1S/C20H41NO3/c1-18(2,3)21-13-11-12-15(23-19(4,5)6)17(16(14-21)22-10)24-20(7,8)9/h15-17H,11-14H2,1-10H3/t15-,16+,17+/m1/s1. The van der Waals surface area contributed by atoms with Crippen molar-refractivity contribution in [3.63, 3.8) is 0 Å². The van der Waals surface area contributed by atoms with E-state index in [1.54, 1.807) is 7.11 Å². The Hall–Kier alpha value is -0.160. The molecule has 4 nitrogen and oxygen atoms in total. The third-order valence-electron chi connectivity index (χ3n) is 4.30. The first-order valence-electron chi connectivity index (χ1n) is 9.36. The quantitative estimate of drug-likeness (QED) is 0.766. The number of nitrogens with zero attached hydrogens (tertiary/aromatic N) is 1. The Morgan fingerprint density at radius 3 is 1.75 bits per heavy atom. The molecule has 0 N–H and O–H groups in total. The topological polar surface area (TPSA) is 30.9 Å². The van der Waals surface area contributed by atoms with Crippen molar-refractivity contribution < 1.29 is 14.2 Å². The van der Waals surface area contributed by atoms with Gasteiger partial charge in [0, 0.05) is 19.2 Å². The van der Waals surface area contributed by atoms with E-state index in [2.05, 4.69) is 67.2 Å². The third-order valence-corrected chi connectivity index (χ3v) is 4.30. The second kappa shape index (κ2) is 8.03. The molecule has 1 fully saturated rings. The minimum Gasteiger partial charge on any atom is -0.377 e. The van der Waals surface area contributed by atoms with E-state index in [0.717, 1.165) is 25.9 Å². The van der Waals surface area contributed by atoms with Crippen LogP contribution in [0.25, 0.3) is 0 Å². The highest BCUT2D eigenvalue weighted by molar-refractivity contribution is 4.91. The molecule has 0 spiro atoms. The normalized spacial score (nSPS) is 28.5. The SMILES string of the molecule is CO[C@H]1CN(C(C)(C)C)CCC[C@@H](OC(C)(C)C)[C@@H]1OC(C)(C)C. The molecular weight excluding hydrogens is 302 g/mol. The van der Waals surface area contributed by atoms with E-state index in [1.165, 1.54) is 0 Å². The molecule has 1 rings (SSSR count). The Bertz CT molecular complexity index is 376. The van der Waals surface area contributed by atoms with E-state index in [4.69, 9.17) is 14.2 Å². The smallest absolute Gasteiger partial charge is 0.112 e. The van der Waals surface area contributed by atoms with Crippen LogP contribution in [0.3, 0.4) is 0 Å². The van der Waals surface area contributed by atoms with Gasteiger partial charge in [-0.1, -0.05) is 0 Å². The molecule has 0 aromatic heterocycles. The Balaban J connectivity index is 3.08. The van der Waals surface area contributed by atoms with E-state index in [1.807, 2.05) is 0 Å². The Labute approximate surface area is 150 Å². The largest absolute Gasteiger partial charge is 0.377 e.